The van der Waals surface area contributed by atoms with E-state index in [9.17, 15) is 18.0 Å². The second-order valence-electron chi connectivity index (χ2n) is 9.67. The number of rotatable bonds is 11. The highest BCUT2D eigenvalue weighted by molar-refractivity contribution is 7.92. The summed E-state index contributed by atoms with van der Waals surface area (Å²) in [5.41, 5.74) is 1.75. The fourth-order valence-corrected chi connectivity index (χ4v) is 5.01. The molecule has 0 aromatic heterocycles. The van der Waals surface area contributed by atoms with Gasteiger partial charge in [-0.3, -0.25) is 4.72 Å². The van der Waals surface area contributed by atoms with E-state index < -0.39 is 27.7 Å². The second kappa shape index (κ2) is 13.2. The van der Waals surface area contributed by atoms with Gasteiger partial charge in [0.15, 0.2) is 0 Å². The van der Waals surface area contributed by atoms with Crippen LogP contribution in [0, 0.1) is 0 Å². The van der Waals surface area contributed by atoms with Crippen molar-refractivity contribution >= 4 is 33.5 Å². The molecule has 0 unspecified atom stereocenters. The van der Waals surface area contributed by atoms with E-state index in [1.165, 1.54) is 13.2 Å². The van der Waals surface area contributed by atoms with Crippen molar-refractivity contribution in [2.24, 2.45) is 0 Å². The van der Waals surface area contributed by atoms with E-state index in [0.29, 0.717) is 41.2 Å². The van der Waals surface area contributed by atoms with E-state index in [2.05, 4.69) is 15.4 Å². The number of anilines is 2. The number of ether oxygens (including phenoxy) is 3. The van der Waals surface area contributed by atoms with Crippen LogP contribution < -0.4 is 20.1 Å². The molecule has 3 aromatic carbocycles. The predicted octanol–water partition coefficient (Wildman–Crippen LogP) is 5.28. The average molecular weight is 570 g/mol. The lowest BCUT2D eigenvalue weighted by atomic mass is 9.99. The Balaban J connectivity index is 1.78. The number of hydrogen-bond acceptors (Lipinski definition) is 8. The average Bonchev–Trinajstić information content (AvgIpc) is 2.90. The number of benzene rings is 3. The normalized spacial score (nSPS) is 11.3. The van der Waals surface area contributed by atoms with Crippen LogP contribution in [0.15, 0.2) is 71.6 Å². The lowest BCUT2D eigenvalue weighted by Crippen LogP contribution is -2.34. The molecule has 10 nitrogen and oxygen atoms in total. The van der Waals surface area contributed by atoms with Crippen molar-refractivity contribution < 1.29 is 32.2 Å². The molecule has 3 N–H and O–H groups in total. The van der Waals surface area contributed by atoms with Crippen LogP contribution in [-0.2, 0) is 19.5 Å². The minimum absolute atomic E-state index is 0.0916. The smallest absolute Gasteiger partial charge is 0.407 e. The third kappa shape index (κ3) is 8.37. The van der Waals surface area contributed by atoms with Crippen molar-refractivity contribution in [1.29, 1.82) is 0 Å². The first-order valence-electron chi connectivity index (χ1n) is 12.7. The summed E-state index contributed by atoms with van der Waals surface area (Å²) in [5.74, 6) is -0.352. The van der Waals surface area contributed by atoms with Gasteiger partial charge in [-0.05, 0) is 75.2 Å². The largest absolute Gasteiger partial charge is 0.495 e. The number of nitrogens with one attached hydrogen (secondary N) is 3. The second-order valence-corrected chi connectivity index (χ2v) is 11.3. The first-order chi connectivity index (χ1) is 18.9. The van der Waals surface area contributed by atoms with Crippen LogP contribution in [0.5, 0.6) is 5.75 Å². The van der Waals surface area contributed by atoms with Gasteiger partial charge >= 0.3 is 12.1 Å². The molecule has 0 aliphatic carbocycles. The van der Waals surface area contributed by atoms with Gasteiger partial charge in [-0.15, -0.1) is 0 Å². The molecule has 0 atom stereocenters. The van der Waals surface area contributed by atoms with E-state index in [1.54, 1.807) is 88.4 Å². The quantitative estimate of drug-likeness (QED) is 0.210. The number of carbonyl (C=O) groups excluding carboxylic acids is 2. The molecule has 1 amide bonds. The molecule has 0 fully saturated rings. The molecule has 0 spiro atoms. The van der Waals surface area contributed by atoms with Gasteiger partial charge in [0.05, 0.1) is 25.0 Å². The Morgan fingerprint density at radius 2 is 1.62 bits per heavy atom. The molecule has 0 bridgehead atoms. The van der Waals surface area contributed by atoms with Crippen LogP contribution in [-0.4, -0.2) is 52.9 Å². The maximum atomic E-state index is 13.5. The maximum absolute atomic E-state index is 13.5. The zero-order valence-electron chi connectivity index (χ0n) is 23.2. The van der Waals surface area contributed by atoms with Crippen LogP contribution >= 0.6 is 0 Å². The molecule has 3 aromatic rings. The van der Waals surface area contributed by atoms with Crippen LogP contribution in [0.1, 0.15) is 38.1 Å². The number of sulfonamides is 1. The molecule has 0 aliphatic rings. The first-order valence-corrected chi connectivity index (χ1v) is 14.2. The van der Waals surface area contributed by atoms with Gasteiger partial charge in [0.1, 0.15) is 16.2 Å². The van der Waals surface area contributed by atoms with E-state index in [0.717, 1.165) is 0 Å². The van der Waals surface area contributed by atoms with Crippen molar-refractivity contribution in [2.45, 2.75) is 38.2 Å². The molecule has 0 heterocycles. The van der Waals surface area contributed by atoms with Crippen molar-refractivity contribution in [2.75, 3.05) is 36.8 Å². The van der Waals surface area contributed by atoms with Crippen LogP contribution in [0.2, 0.25) is 0 Å². The van der Waals surface area contributed by atoms with Gasteiger partial charge in [0, 0.05) is 18.8 Å². The highest BCUT2D eigenvalue weighted by atomic mass is 32.2. The van der Waals surface area contributed by atoms with E-state index in [1.807, 2.05) is 0 Å². The number of carbonyl (C=O) groups is 2. The predicted molar refractivity (Wildman–Crippen MR) is 154 cm³/mol. The van der Waals surface area contributed by atoms with Crippen molar-refractivity contribution in [3.8, 4) is 16.9 Å². The van der Waals surface area contributed by atoms with Gasteiger partial charge < -0.3 is 24.8 Å². The molecule has 214 valence electrons. The standard InChI is InChI=1S/C29H35N3O7S/c1-6-38-27(33)24-13-8-7-12-23(24)20-14-15-25(37-5)26(18-20)40(35,36)32-22-11-9-10-21(19-22)30-16-17-31-28(34)39-29(2,3)4/h7-15,18-19,30,32H,6,16-17H2,1-5H3,(H,31,34). The highest BCUT2D eigenvalue weighted by Crippen LogP contribution is 2.33. The molecule has 40 heavy (non-hydrogen) atoms. The first kappa shape index (κ1) is 30.3. The van der Waals surface area contributed by atoms with Crippen molar-refractivity contribution in [3.05, 3.63) is 72.3 Å². The summed E-state index contributed by atoms with van der Waals surface area (Å²) in [7, 11) is -2.71. The molecule has 0 radical (unpaired) electrons. The van der Waals surface area contributed by atoms with Gasteiger partial charge in [-0.25, -0.2) is 18.0 Å². The van der Waals surface area contributed by atoms with Crippen LogP contribution in [0.25, 0.3) is 11.1 Å². The van der Waals surface area contributed by atoms with Crippen LogP contribution in [0.4, 0.5) is 16.2 Å². The van der Waals surface area contributed by atoms with E-state index >= 15 is 0 Å². The van der Waals surface area contributed by atoms with E-state index in [4.69, 9.17) is 14.2 Å². The molecule has 0 saturated heterocycles. The van der Waals surface area contributed by atoms with Crippen LogP contribution in [0.3, 0.4) is 0 Å². The lowest BCUT2D eigenvalue weighted by molar-refractivity contribution is 0.0518. The van der Waals surface area contributed by atoms with Gasteiger partial charge in [0.25, 0.3) is 10.0 Å². The molecular weight excluding hydrogens is 534 g/mol. The molecule has 3 rings (SSSR count). The number of amides is 1. The number of hydrogen-bond donors (Lipinski definition) is 3. The summed E-state index contributed by atoms with van der Waals surface area (Å²) >= 11 is 0. The van der Waals surface area contributed by atoms with Crippen molar-refractivity contribution in [1.82, 2.24) is 5.32 Å². The monoisotopic (exact) mass is 569 g/mol. The number of methoxy groups -OCH3 is 1. The SMILES string of the molecule is CCOC(=O)c1ccccc1-c1ccc(OC)c(S(=O)(=O)Nc2cccc(NCCNC(=O)OC(C)(C)C)c2)c1. The summed E-state index contributed by atoms with van der Waals surface area (Å²) in [6, 6.07) is 18.3. The minimum Gasteiger partial charge on any atom is -0.495 e. The Morgan fingerprint density at radius 1 is 0.900 bits per heavy atom. The summed E-state index contributed by atoms with van der Waals surface area (Å²) in [5, 5.41) is 5.79. The topological polar surface area (TPSA) is 132 Å². The zero-order valence-corrected chi connectivity index (χ0v) is 24.1. The zero-order chi connectivity index (χ0) is 29.3. The van der Waals surface area contributed by atoms with Crippen molar-refractivity contribution in [3.63, 3.8) is 0 Å². The Morgan fingerprint density at radius 3 is 2.33 bits per heavy atom. The minimum atomic E-state index is -4.09. The third-order valence-corrected chi connectivity index (χ3v) is 6.83. The highest BCUT2D eigenvalue weighted by Gasteiger charge is 2.23. The summed E-state index contributed by atoms with van der Waals surface area (Å²) < 4.78 is 45.3. The summed E-state index contributed by atoms with van der Waals surface area (Å²) in [4.78, 5) is 24.2. The molecule has 11 heteroatoms. The summed E-state index contributed by atoms with van der Waals surface area (Å²) in [6.07, 6.45) is -0.517. The summed E-state index contributed by atoms with van der Waals surface area (Å²) in [6.45, 7) is 7.99. The maximum Gasteiger partial charge on any atom is 0.407 e. The third-order valence-electron chi connectivity index (χ3n) is 5.42. The van der Waals surface area contributed by atoms with Gasteiger partial charge in [-0.1, -0.05) is 30.3 Å². The molecular formula is C29H35N3O7S. The Labute approximate surface area is 235 Å². The van der Waals surface area contributed by atoms with Gasteiger partial charge in [0.2, 0.25) is 0 Å². The Bertz CT molecular complexity index is 1450. The Kier molecular flexibility index (Phi) is 10.0. The number of esters is 1. The fourth-order valence-electron chi connectivity index (χ4n) is 3.76. The van der Waals surface area contributed by atoms with E-state index in [-0.39, 0.29) is 17.3 Å². The molecule has 0 aliphatic heterocycles. The fraction of sp³-hybridized carbons (Fsp3) is 0.310. The lowest BCUT2D eigenvalue weighted by Gasteiger charge is -2.19. The molecule has 0 saturated carbocycles. The van der Waals surface area contributed by atoms with Gasteiger partial charge in [-0.2, -0.15) is 0 Å². The Hall–Kier alpha value is -4.25. The number of alkyl carbamates (subject to hydrolysis) is 1.